The van der Waals surface area contributed by atoms with Gasteiger partial charge in [-0.05, 0) is 19.9 Å². The second kappa shape index (κ2) is 10.5. The molecule has 84 valence electrons. The van der Waals surface area contributed by atoms with Crippen LogP contribution in [0.2, 0.25) is 0 Å². The van der Waals surface area contributed by atoms with Crippen LogP contribution in [0.4, 0.5) is 0 Å². The third-order valence-corrected chi connectivity index (χ3v) is 1.74. The molecule has 0 radical (unpaired) electrons. The Labute approximate surface area is 86.4 Å². The predicted molar refractivity (Wildman–Crippen MR) is 57.3 cm³/mol. The summed E-state index contributed by atoms with van der Waals surface area (Å²) in [6.45, 7) is 5.08. The van der Waals surface area contributed by atoms with E-state index < -0.39 is 0 Å². The predicted octanol–water partition coefficient (Wildman–Crippen LogP) is 0.529. The van der Waals surface area contributed by atoms with Gasteiger partial charge in [0, 0.05) is 32.7 Å². The van der Waals surface area contributed by atoms with E-state index in [-0.39, 0.29) is 5.91 Å². The van der Waals surface area contributed by atoms with Crippen LogP contribution in [0.5, 0.6) is 0 Å². The number of ether oxygens (including phenoxy) is 1. The van der Waals surface area contributed by atoms with Gasteiger partial charge in [-0.3, -0.25) is 4.79 Å². The zero-order valence-corrected chi connectivity index (χ0v) is 9.27. The Balaban J connectivity index is 3.07. The molecule has 0 aliphatic heterocycles. The fraction of sp³-hybridized carbons (Fsp3) is 0.900. The van der Waals surface area contributed by atoms with Crippen LogP contribution >= 0.6 is 0 Å². The SMILES string of the molecule is CCCOCCCNC(=O)CCNC. The van der Waals surface area contributed by atoms with Gasteiger partial charge in [0.25, 0.3) is 0 Å². The van der Waals surface area contributed by atoms with E-state index in [4.69, 9.17) is 4.74 Å². The Morgan fingerprint density at radius 1 is 1.29 bits per heavy atom. The molecule has 0 atom stereocenters. The Kier molecular flexibility index (Phi) is 10.0. The van der Waals surface area contributed by atoms with Gasteiger partial charge in [-0.1, -0.05) is 6.92 Å². The van der Waals surface area contributed by atoms with E-state index in [0.29, 0.717) is 13.0 Å². The van der Waals surface area contributed by atoms with Gasteiger partial charge >= 0.3 is 0 Å². The first-order chi connectivity index (χ1) is 6.81. The van der Waals surface area contributed by atoms with E-state index in [1.807, 2.05) is 7.05 Å². The van der Waals surface area contributed by atoms with Gasteiger partial charge in [-0.25, -0.2) is 0 Å². The van der Waals surface area contributed by atoms with Crippen molar-refractivity contribution in [1.29, 1.82) is 0 Å². The standard InChI is InChI=1S/C10H22N2O2/c1-3-8-14-9-4-6-12-10(13)5-7-11-2/h11H,3-9H2,1-2H3,(H,12,13). The summed E-state index contributed by atoms with van der Waals surface area (Å²) < 4.78 is 5.28. The van der Waals surface area contributed by atoms with Crippen LogP contribution in [0.25, 0.3) is 0 Å². The second-order valence-corrected chi connectivity index (χ2v) is 3.17. The van der Waals surface area contributed by atoms with Crippen molar-refractivity contribution in [1.82, 2.24) is 10.6 Å². The summed E-state index contributed by atoms with van der Waals surface area (Å²) in [5.41, 5.74) is 0. The largest absolute Gasteiger partial charge is 0.381 e. The first-order valence-electron chi connectivity index (χ1n) is 5.30. The number of rotatable bonds is 9. The van der Waals surface area contributed by atoms with Crippen LogP contribution < -0.4 is 10.6 Å². The molecule has 0 fully saturated rings. The van der Waals surface area contributed by atoms with E-state index in [1.54, 1.807) is 0 Å². The molecule has 0 aromatic rings. The van der Waals surface area contributed by atoms with Crippen molar-refractivity contribution in [3.63, 3.8) is 0 Å². The van der Waals surface area contributed by atoms with Crippen LogP contribution in [-0.4, -0.2) is 39.3 Å². The highest BCUT2D eigenvalue weighted by Crippen LogP contribution is 1.84. The van der Waals surface area contributed by atoms with Gasteiger partial charge in [0.2, 0.25) is 5.91 Å². The first-order valence-corrected chi connectivity index (χ1v) is 5.30. The molecule has 0 rings (SSSR count). The number of hydrogen-bond acceptors (Lipinski definition) is 3. The molecule has 0 saturated carbocycles. The van der Waals surface area contributed by atoms with Gasteiger partial charge in [0.15, 0.2) is 0 Å². The summed E-state index contributed by atoms with van der Waals surface area (Å²) in [5.74, 6) is 0.106. The molecule has 4 nitrogen and oxygen atoms in total. The molecule has 0 aromatic carbocycles. The van der Waals surface area contributed by atoms with Crippen LogP contribution in [0.1, 0.15) is 26.2 Å². The van der Waals surface area contributed by atoms with Crippen LogP contribution in [0.15, 0.2) is 0 Å². The minimum atomic E-state index is 0.106. The quantitative estimate of drug-likeness (QED) is 0.536. The lowest BCUT2D eigenvalue weighted by atomic mass is 10.3. The van der Waals surface area contributed by atoms with Crippen molar-refractivity contribution in [3.8, 4) is 0 Å². The highest BCUT2D eigenvalue weighted by Gasteiger charge is 1.98. The van der Waals surface area contributed by atoms with Crippen LogP contribution in [0.3, 0.4) is 0 Å². The highest BCUT2D eigenvalue weighted by atomic mass is 16.5. The lowest BCUT2D eigenvalue weighted by Crippen LogP contribution is -2.27. The number of carbonyl (C=O) groups excluding carboxylic acids is 1. The Morgan fingerprint density at radius 3 is 2.71 bits per heavy atom. The molecule has 0 unspecified atom stereocenters. The summed E-state index contributed by atoms with van der Waals surface area (Å²) >= 11 is 0. The molecular formula is C10H22N2O2. The van der Waals surface area contributed by atoms with Gasteiger partial charge in [0.1, 0.15) is 0 Å². The molecule has 0 aliphatic rings. The Hall–Kier alpha value is -0.610. The second-order valence-electron chi connectivity index (χ2n) is 3.17. The molecule has 0 aromatic heterocycles. The van der Waals surface area contributed by atoms with Crippen molar-refractivity contribution >= 4 is 5.91 Å². The summed E-state index contributed by atoms with van der Waals surface area (Å²) in [6, 6.07) is 0. The molecular weight excluding hydrogens is 180 g/mol. The van der Waals surface area contributed by atoms with E-state index in [0.717, 1.165) is 32.6 Å². The maximum Gasteiger partial charge on any atom is 0.221 e. The molecule has 0 spiro atoms. The lowest BCUT2D eigenvalue weighted by Gasteiger charge is -2.05. The summed E-state index contributed by atoms with van der Waals surface area (Å²) in [5, 5.41) is 5.77. The van der Waals surface area contributed by atoms with E-state index >= 15 is 0 Å². The topological polar surface area (TPSA) is 50.4 Å². The highest BCUT2D eigenvalue weighted by molar-refractivity contribution is 5.75. The number of hydrogen-bond donors (Lipinski definition) is 2. The van der Waals surface area contributed by atoms with Crippen molar-refractivity contribution in [3.05, 3.63) is 0 Å². The van der Waals surface area contributed by atoms with Crippen LogP contribution in [0, 0.1) is 0 Å². The fourth-order valence-electron chi connectivity index (χ4n) is 0.975. The monoisotopic (exact) mass is 202 g/mol. The smallest absolute Gasteiger partial charge is 0.221 e. The molecule has 0 heterocycles. The van der Waals surface area contributed by atoms with E-state index in [9.17, 15) is 4.79 Å². The van der Waals surface area contributed by atoms with Gasteiger partial charge in [-0.2, -0.15) is 0 Å². The molecule has 4 heteroatoms. The maximum atomic E-state index is 11.1. The first kappa shape index (κ1) is 13.4. The van der Waals surface area contributed by atoms with E-state index in [1.165, 1.54) is 0 Å². The summed E-state index contributed by atoms with van der Waals surface area (Å²) in [4.78, 5) is 11.1. The Bertz CT molecular complexity index is 140. The fourth-order valence-corrected chi connectivity index (χ4v) is 0.975. The number of nitrogens with one attached hydrogen (secondary N) is 2. The number of amides is 1. The zero-order valence-electron chi connectivity index (χ0n) is 9.27. The molecule has 0 aliphatic carbocycles. The average molecular weight is 202 g/mol. The van der Waals surface area contributed by atoms with Crippen molar-refractivity contribution in [2.75, 3.05) is 33.4 Å². The average Bonchev–Trinajstić information content (AvgIpc) is 2.20. The number of carbonyl (C=O) groups is 1. The van der Waals surface area contributed by atoms with Gasteiger partial charge in [-0.15, -0.1) is 0 Å². The molecule has 0 bridgehead atoms. The van der Waals surface area contributed by atoms with Crippen LogP contribution in [-0.2, 0) is 9.53 Å². The van der Waals surface area contributed by atoms with Gasteiger partial charge < -0.3 is 15.4 Å². The molecule has 0 saturated heterocycles. The van der Waals surface area contributed by atoms with Crippen molar-refractivity contribution < 1.29 is 9.53 Å². The van der Waals surface area contributed by atoms with Crippen molar-refractivity contribution in [2.45, 2.75) is 26.2 Å². The third kappa shape index (κ3) is 9.48. The minimum absolute atomic E-state index is 0.106. The normalized spacial score (nSPS) is 10.1. The maximum absolute atomic E-state index is 11.1. The summed E-state index contributed by atoms with van der Waals surface area (Å²) in [7, 11) is 1.84. The summed E-state index contributed by atoms with van der Waals surface area (Å²) in [6.07, 6.45) is 2.49. The minimum Gasteiger partial charge on any atom is -0.381 e. The van der Waals surface area contributed by atoms with E-state index in [2.05, 4.69) is 17.6 Å². The molecule has 2 N–H and O–H groups in total. The Morgan fingerprint density at radius 2 is 2.07 bits per heavy atom. The third-order valence-electron chi connectivity index (χ3n) is 1.74. The lowest BCUT2D eigenvalue weighted by molar-refractivity contribution is -0.121. The molecule has 14 heavy (non-hydrogen) atoms. The molecule has 1 amide bonds. The van der Waals surface area contributed by atoms with Gasteiger partial charge in [0.05, 0.1) is 0 Å². The van der Waals surface area contributed by atoms with Crippen molar-refractivity contribution in [2.24, 2.45) is 0 Å². The zero-order chi connectivity index (χ0) is 10.6.